The van der Waals surface area contributed by atoms with Crippen LogP contribution >= 0.6 is 0 Å². The SMILES string of the molecule is COc1ccccc1CN1C(=O)OC[C@H]1C(=O)NCc1ccncc1. The summed E-state index contributed by atoms with van der Waals surface area (Å²) in [4.78, 5) is 29.9. The number of para-hydroxylation sites is 1. The maximum absolute atomic E-state index is 12.5. The van der Waals surface area contributed by atoms with Crippen LogP contribution in [0.4, 0.5) is 4.79 Å². The highest BCUT2D eigenvalue weighted by molar-refractivity contribution is 5.87. The van der Waals surface area contributed by atoms with Crippen LogP contribution in [-0.4, -0.2) is 41.6 Å². The highest BCUT2D eigenvalue weighted by atomic mass is 16.6. The topological polar surface area (TPSA) is 80.8 Å². The van der Waals surface area contributed by atoms with Crippen LogP contribution in [0.25, 0.3) is 0 Å². The molecule has 0 unspecified atom stereocenters. The number of hydrogen-bond donors (Lipinski definition) is 1. The van der Waals surface area contributed by atoms with E-state index in [1.807, 2.05) is 36.4 Å². The number of aromatic nitrogens is 1. The van der Waals surface area contributed by atoms with Crippen LogP contribution in [0.3, 0.4) is 0 Å². The van der Waals surface area contributed by atoms with Gasteiger partial charge in [-0.3, -0.25) is 14.7 Å². The van der Waals surface area contributed by atoms with Gasteiger partial charge in [0.25, 0.3) is 0 Å². The van der Waals surface area contributed by atoms with Crippen molar-refractivity contribution in [3.8, 4) is 5.75 Å². The van der Waals surface area contributed by atoms with Gasteiger partial charge in [-0.2, -0.15) is 0 Å². The van der Waals surface area contributed by atoms with E-state index in [0.29, 0.717) is 12.3 Å². The van der Waals surface area contributed by atoms with Crippen molar-refractivity contribution in [3.63, 3.8) is 0 Å². The fourth-order valence-electron chi connectivity index (χ4n) is 2.67. The minimum atomic E-state index is -0.667. The molecule has 2 heterocycles. The maximum atomic E-state index is 12.5. The van der Waals surface area contributed by atoms with Crippen molar-refractivity contribution >= 4 is 12.0 Å². The smallest absolute Gasteiger partial charge is 0.410 e. The molecule has 1 aliphatic heterocycles. The molecule has 7 heteroatoms. The van der Waals surface area contributed by atoms with E-state index in [0.717, 1.165) is 11.1 Å². The monoisotopic (exact) mass is 341 g/mol. The van der Waals surface area contributed by atoms with Crippen LogP contribution in [0.5, 0.6) is 5.75 Å². The van der Waals surface area contributed by atoms with Gasteiger partial charge >= 0.3 is 6.09 Å². The van der Waals surface area contributed by atoms with Gasteiger partial charge in [-0.05, 0) is 23.8 Å². The lowest BCUT2D eigenvalue weighted by Gasteiger charge is -2.21. The van der Waals surface area contributed by atoms with Crippen LogP contribution in [0.1, 0.15) is 11.1 Å². The number of pyridine rings is 1. The lowest BCUT2D eigenvalue weighted by molar-refractivity contribution is -0.125. The molecule has 1 saturated heterocycles. The van der Waals surface area contributed by atoms with Gasteiger partial charge in [0.05, 0.1) is 13.7 Å². The van der Waals surface area contributed by atoms with E-state index in [1.54, 1.807) is 19.5 Å². The molecule has 0 bridgehead atoms. The van der Waals surface area contributed by atoms with Crippen molar-refractivity contribution < 1.29 is 19.1 Å². The van der Waals surface area contributed by atoms with Crippen LogP contribution in [0.15, 0.2) is 48.8 Å². The number of carbonyl (C=O) groups excluding carboxylic acids is 2. The molecule has 1 fully saturated rings. The largest absolute Gasteiger partial charge is 0.496 e. The van der Waals surface area contributed by atoms with Gasteiger partial charge in [-0.25, -0.2) is 4.79 Å². The Kier molecular flexibility index (Phi) is 5.13. The van der Waals surface area contributed by atoms with Gasteiger partial charge in [0.1, 0.15) is 18.4 Å². The molecule has 0 saturated carbocycles. The molecule has 1 aromatic heterocycles. The summed E-state index contributed by atoms with van der Waals surface area (Å²) in [5, 5.41) is 2.83. The fraction of sp³-hybridized carbons (Fsp3) is 0.278. The third-order valence-corrected chi connectivity index (χ3v) is 4.03. The first kappa shape index (κ1) is 16.8. The summed E-state index contributed by atoms with van der Waals surface area (Å²) in [7, 11) is 1.57. The maximum Gasteiger partial charge on any atom is 0.410 e. The normalized spacial score (nSPS) is 16.4. The molecule has 7 nitrogen and oxygen atoms in total. The number of nitrogens with zero attached hydrogens (tertiary/aromatic N) is 2. The Morgan fingerprint density at radius 2 is 2.08 bits per heavy atom. The van der Waals surface area contributed by atoms with Gasteiger partial charge < -0.3 is 14.8 Å². The highest BCUT2D eigenvalue weighted by Gasteiger charge is 2.38. The fourth-order valence-corrected chi connectivity index (χ4v) is 2.67. The third-order valence-electron chi connectivity index (χ3n) is 4.03. The minimum absolute atomic E-state index is 0.0379. The second kappa shape index (κ2) is 7.65. The quantitative estimate of drug-likeness (QED) is 0.865. The Bertz CT molecular complexity index is 751. The third kappa shape index (κ3) is 3.88. The van der Waals surface area contributed by atoms with Gasteiger partial charge in [-0.1, -0.05) is 18.2 Å². The van der Waals surface area contributed by atoms with Crippen molar-refractivity contribution in [1.82, 2.24) is 15.2 Å². The molecule has 130 valence electrons. The summed E-state index contributed by atoms with van der Waals surface area (Å²) >= 11 is 0. The van der Waals surface area contributed by atoms with Crippen molar-refractivity contribution in [2.24, 2.45) is 0 Å². The number of rotatable bonds is 6. The zero-order valence-corrected chi connectivity index (χ0v) is 13.8. The van der Waals surface area contributed by atoms with E-state index in [9.17, 15) is 9.59 Å². The Balaban J connectivity index is 1.67. The van der Waals surface area contributed by atoms with Gasteiger partial charge in [0.15, 0.2) is 0 Å². The van der Waals surface area contributed by atoms with Gasteiger partial charge in [-0.15, -0.1) is 0 Å². The van der Waals surface area contributed by atoms with Crippen LogP contribution in [0, 0.1) is 0 Å². The summed E-state index contributed by atoms with van der Waals surface area (Å²) in [6.45, 7) is 0.654. The van der Waals surface area contributed by atoms with Crippen LogP contribution in [-0.2, 0) is 22.6 Å². The number of methoxy groups -OCH3 is 1. The molecular weight excluding hydrogens is 322 g/mol. The molecule has 0 radical (unpaired) electrons. The van der Waals surface area contributed by atoms with E-state index in [-0.39, 0.29) is 19.1 Å². The number of ether oxygens (including phenoxy) is 2. The van der Waals surface area contributed by atoms with Crippen LogP contribution < -0.4 is 10.1 Å². The Morgan fingerprint density at radius 1 is 1.32 bits per heavy atom. The van der Waals surface area contributed by atoms with Crippen molar-refractivity contribution in [3.05, 3.63) is 59.9 Å². The molecule has 1 N–H and O–H groups in total. The molecule has 3 rings (SSSR count). The molecule has 2 amide bonds. The molecule has 2 aromatic rings. The standard InChI is InChI=1S/C18H19N3O4/c1-24-16-5-3-2-4-14(16)11-21-15(12-25-18(21)23)17(22)20-10-13-6-8-19-9-7-13/h2-9,15H,10-12H2,1H3,(H,20,22)/t15-/m0/s1. The second-order valence-electron chi connectivity index (χ2n) is 5.61. The number of nitrogens with one attached hydrogen (secondary N) is 1. The first-order chi connectivity index (χ1) is 12.2. The predicted molar refractivity (Wildman–Crippen MR) is 89.8 cm³/mol. The zero-order valence-electron chi connectivity index (χ0n) is 13.8. The first-order valence-electron chi connectivity index (χ1n) is 7.91. The molecule has 0 spiro atoms. The molecule has 1 aromatic carbocycles. The summed E-state index contributed by atoms with van der Waals surface area (Å²) in [6, 6.07) is 10.4. The second-order valence-corrected chi connectivity index (χ2v) is 5.61. The van der Waals surface area contributed by atoms with E-state index in [1.165, 1.54) is 4.90 Å². The summed E-state index contributed by atoms with van der Waals surface area (Å²) in [5.74, 6) is 0.413. The van der Waals surface area contributed by atoms with E-state index in [4.69, 9.17) is 9.47 Å². The molecule has 0 aliphatic carbocycles. The van der Waals surface area contributed by atoms with Crippen molar-refractivity contribution in [2.75, 3.05) is 13.7 Å². The number of benzene rings is 1. The number of amides is 2. The van der Waals surface area contributed by atoms with Gasteiger partial charge in [0.2, 0.25) is 5.91 Å². The van der Waals surface area contributed by atoms with Gasteiger partial charge in [0, 0.05) is 24.5 Å². The molecule has 25 heavy (non-hydrogen) atoms. The van der Waals surface area contributed by atoms with E-state index >= 15 is 0 Å². The summed E-state index contributed by atoms with van der Waals surface area (Å²) in [5.41, 5.74) is 1.75. The van der Waals surface area contributed by atoms with Crippen LogP contribution in [0.2, 0.25) is 0 Å². The Morgan fingerprint density at radius 3 is 2.84 bits per heavy atom. The minimum Gasteiger partial charge on any atom is -0.496 e. The lowest BCUT2D eigenvalue weighted by Crippen LogP contribution is -2.45. The average molecular weight is 341 g/mol. The van der Waals surface area contributed by atoms with E-state index < -0.39 is 12.1 Å². The number of cyclic esters (lactones) is 1. The Hall–Kier alpha value is -3.09. The highest BCUT2D eigenvalue weighted by Crippen LogP contribution is 2.23. The van der Waals surface area contributed by atoms with Crippen molar-refractivity contribution in [1.29, 1.82) is 0 Å². The molecule has 1 aliphatic rings. The molecule has 1 atom stereocenters. The zero-order chi connectivity index (χ0) is 17.6. The lowest BCUT2D eigenvalue weighted by atomic mass is 10.1. The Labute approximate surface area is 145 Å². The van der Waals surface area contributed by atoms with E-state index in [2.05, 4.69) is 10.3 Å². The number of hydrogen-bond acceptors (Lipinski definition) is 5. The average Bonchev–Trinajstić information content (AvgIpc) is 3.02. The predicted octanol–water partition coefficient (Wildman–Crippen LogP) is 1.73. The number of carbonyl (C=O) groups is 2. The molecular formula is C18H19N3O4. The first-order valence-corrected chi connectivity index (χ1v) is 7.91. The summed E-state index contributed by atoms with van der Waals surface area (Å²) < 4.78 is 10.4. The summed E-state index contributed by atoms with van der Waals surface area (Å²) in [6.07, 6.45) is 2.82. The van der Waals surface area contributed by atoms with Crippen molar-refractivity contribution in [2.45, 2.75) is 19.1 Å².